The monoisotopic (exact) mass is 270 g/mol. The summed E-state index contributed by atoms with van der Waals surface area (Å²) in [6, 6.07) is 4.27. The highest BCUT2D eigenvalue weighted by atomic mass is 35.5. The third-order valence-corrected chi connectivity index (χ3v) is 3.40. The first kappa shape index (κ1) is 13.3. The Kier molecular flexibility index (Phi) is 4.55. The predicted octanol–water partition coefficient (Wildman–Crippen LogP) is 2.35. The average molecular weight is 271 g/mol. The number of benzene rings is 1. The lowest BCUT2D eigenvalue weighted by Crippen LogP contribution is -2.35. The fraction of sp³-hybridized carbons (Fsp3) is 0.462. The van der Waals surface area contributed by atoms with E-state index in [9.17, 15) is 9.18 Å². The van der Waals surface area contributed by atoms with Gasteiger partial charge in [0.05, 0.1) is 5.02 Å². The molecule has 1 aromatic rings. The van der Waals surface area contributed by atoms with Gasteiger partial charge in [0.15, 0.2) is 0 Å². The van der Waals surface area contributed by atoms with Crippen molar-refractivity contribution in [2.75, 3.05) is 13.1 Å². The molecule has 1 atom stereocenters. The number of nitrogens with one attached hydrogen (secondary N) is 2. The van der Waals surface area contributed by atoms with Gasteiger partial charge in [0.1, 0.15) is 5.82 Å². The van der Waals surface area contributed by atoms with E-state index in [-0.39, 0.29) is 17.0 Å². The van der Waals surface area contributed by atoms with Gasteiger partial charge in [-0.3, -0.25) is 4.79 Å². The van der Waals surface area contributed by atoms with E-state index >= 15 is 0 Å². The van der Waals surface area contributed by atoms with Gasteiger partial charge >= 0.3 is 0 Å². The number of rotatable bonds is 2. The van der Waals surface area contributed by atoms with Crippen LogP contribution < -0.4 is 10.6 Å². The van der Waals surface area contributed by atoms with Crippen LogP contribution in [-0.4, -0.2) is 25.0 Å². The molecule has 1 aliphatic rings. The van der Waals surface area contributed by atoms with Crippen LogP contribution in [0, 0.1) is 5.82 Å². The zero-order chi connectivity index (χ0) is 13.0. The molecular formula is C13H16ClFN2O. The summed E-state index contributed by atoms with van der Waals surface area (Å²) >= 11 is 5.58. The Labute approximate surface area is 111 Å². The number of amides is 1. The highest BCUT2D eigenvalue weighted by Gasteiger charge is 2.16. The molecule has 0 spiro atoms. The summed E-state index contributed by atoms with van der Waals surface area (Å²) in [5.74, 6) is -0.802. The maximum atomic E-state index is 13.3. The SMILES string of the molecule is O=C(NC1CCCNCC1)c1ccc(Cl)c(F)c1. The Morgan fingerprint density at radius 3 is 3.00 bits per heavy atom. The summed E-state index contributed by atoms with van der Waals surface area (Å²) in [7, 11) is 0. The molecule has 1 heterocycles. The van der Waals surface area contributed by atoms with Gasteiger partial charge < -0.3 is 10.6 Å². The molecule has 0 aliphatic carbocycles. The van der Waals surface area contributed by atoms with Gasteiger partial charge in [-0.1, -0.05) is 11.6 Å². The summed E-state index contributed by atoms with van der Waals surface area (Å²) in [5.41, 5.74) is 0.314. The van der Waals surface area contributed by atoms with Crippen LogP contribution in [0.5, 0.6) is 0 Å². The molecule has 3 nitrogen and oxygen atoms in total. The molecule has 1 aliphatic heterocycles. The van der Waals surface area contributed by atoms with Crippen LogP contribution in [0.2, 0.25) is 5.02 Å². The van der Waals surface area contributed by atoms with E-state index in [1.54, 1.807) is 0 Å². The molecular weight excluding hydrogens is 255 g/mol. The van der Waals surface area contributed by atoms with E-state index in [4.69, 9.17) is 11.6 Å². The minimum Gasteiger partial charge on any atom is -0.349 e. The van der Waals surface area contributed by atoms with Crippen molar-refractivity contribution in [2.24, 2.45) is 0 Å². The van der Waals surface area contributed by atoms with Crippen molar-refractivity contribution in [1.82, 2.24) is 10.6 Å². The van der Waals surface area contributed by atoms with Crippen LogP contribution in [0.25, 0.3) is 0 Å². The van der Waals surface area contributed by atoms with Crippen LogP contribution in [-0.2, 0) is 0 Å². The number of hydrogen-bond donors (Lipinski definition) is 2. The average Bonchev–Trinajstić information content (AvgIpc) is 2.61. The van der Waals surface area contributed by atoms with Gasteiger partial charge in [-0.2, -0.15) is 0 Å². The van der Waals surface area contributed by atoms with Crippen LogP contribution in [0.15, 0.2) is 18.2 Å². The predicted molar refractivity (Wildman–Crippen MR) is 69.4 cm³/mol. The van der Waals surface area contributed by atoms with Crippen molar-refractivity contribution in [3.63, 3.8) is 0 Å². The van der Waals surface area contributed by atoms with E-state index in [0.717, 1.165) is 32.4 Å². The summed E-state index contributed by atoms with van der Waals surface area (Å²) in [6.07, 6.45) is 2.90. The maximum absolute atomic E-state index is 13.3. The molecule has 0 saturated carbocycles. The summed E-state index contributed by atoms with van der Waals surface area (Å²) in [6.45, 7) is 1.89. The number of carbonyl (C=O) groups excluding carboxylic acids is 1. The fourth-order valence-corrected chi connectivity index (χ4v) is 2.19. The van der Waals surface area contributed by atoms with Gasteiger partial charge in [-0.15, -0.1) is 0 Å². The lowest BCUT2D eigenvalue weighted by atomic mass is 10.1. The summed E-state index contributed by atoms with van der Waals surface area (Å²) < 4.78 is 13.3. The quantitative estimate of drug-likeness (QED) is 0.866. The van der Waals surface area contributed by atoms with Crippen molar-refractivity contribution in [1.29, 1.82) is 0 Å². The first-order valence-corrected chi connectivity index (χ1v) is 6.51. The molecule has 98 valence electrons. The molecule has 1 saturated heterocycles. The largest absolute Gasteiger partial charge is 0.349 e. The third-order valence-electron chi connectivity index (χ3n) is 3.09. The number of carbonyl (C=O) groups is 1. The standard InChI is InChI=1S/C13H16ClFN2O/c14-11-4-3-9(8-12(11)15)13(18)17-10-2-1-6-16-7-5-10/h3-4,8,10,16H,1-2,5-7H2,(H,17,18). The van der Waals surface area contributed by atoms with Crippen molar-refractivity contribution in [3.8, 4) is 0 Å². The first-order chi connectivity index (χ1) is 8.66. The van der Waals surface area contributed by atoms with Crippen molar-refractivity contribution in [3.05, 3.63) is 34.6 Å². The third kappa shape index (κ3) is 3.43. The highest BCUT2D eigenvalue weighted by Crippen LogP contribution is 2.16. The van der Waals surface area contributed by atoms with Gasteiger partial charge in [0, 0.05) is 11.6 Å². The first-order valence-electron chi connectivity index (χ1n) is 6.13. The normalized spacial score (nSPS) is 20.2. The summed E-state index contributed by atoms with van der Waals surface area (Å²) in [5, 5.41) is 6.24. The van der Waals surface area contributed by atoms with Crippen LogP contribution in [0.3, 0.4) is 0 Å². The molecule has 1 amide bonds. The Morgan fingerprint density at radius 1 is 1.39 bits per heavy atom. The zero-order valence-electron chi connectivity index (χ0n) is 10.0. The highest BCUT2D eigenvalue weighted by molar-refractivity contribution is 6.30. The van der Waals surface area contributed by atoms with Crippen molar-refractivity contribution in [2.45, 2.75) is 25.3 Å². The number of hydrogen-bond acceptors (Lipinski definition) is 2. The second-order valence-electron chi connectivity index (χ2n) is 4.48. The maximum Gasteiger partial charge on any atom is 0.251 e. The van der Waals surface area contributed by atoms with Crippen LogP contribution >= 0.6 is 11.6 Å². The van der Waals surface area contributed by atoms with Gasteiger partial charge in [-0.05, 0) is 50.6 Å². The van der Waals surface area contributed by atoms with Gasteiger partial charge in [0.2, 0.25) is 0 Å². The zero-order valence-corrected chi connectivity index (χ0v) is 10.8. The van der Waals surface area contributed by atoms with E-state index < -0.39 is 5.82 Å². The molecule has 2 N–H and O–H groups in total. The van der Waals surface area contributed by atoms with E-state index in [2.05, 4.69) is 10.6 Å². The minimum atomic E-state index is -0.563. The van der Waals surface area contributed by atoms with E-state index in [0.29, 0.717) is 5.56 Å². The molecule has 18 heavy (non-hydrogen) atoms. The lowest BCUT2D eigenvalue weighted by molar-refractivity contribution is 0.0933. The van der Waals surface area contributed by atoms with Gasteiger partial charge in [-0.25, -0.2) is 4.39 Å². The van der Waals surface area contributed by atoms with Crippen LogP contribution in [0.1, 0.15) is 29.6 Å². The second kappa shape index (κ2) is 6.16. The molecule has 5 heteroatoms. The van der Waals surface area contributed by atoms with Crippen molar-refractivity contribution >= 4 is 17.5 Å². The Hall–Kier alpha value is -1.13. The Bertz CT molecular complexity index is 431. The molecule has 1 aromatic carbocycles. The van der Waals surface area contributed by atoms with E-state index in [1.165, 1.54) is 18.2 Å². The topological polar surface area (TPSA) is 41.1 Å². The Balaban J connectivity index is 1.99. The number of halogens is 2. The smallest absolute Gasteiger partial charge is 0.251 e. The Morgan fingerprint density at radius 2 is 2.22 bits per heavy atom. The second-order valence-corrected chi connectivity index (χ2v) is 4.89. The van der Waals surface area contributed by atoms with E-state index in [1.807, 2.05) is 0 Å². The molecule has 1 fully saturated rings. The molecule has 0 bridgehead atoms. The minimum absolute atomic E-state index is 0.0326. The fourth-order valence-electron chi connectivity index (χ4n) is 2.07. The van der Waals surface area contributed by atoms with Gasteiger partial charge in [0.25, 0.3) is 5.91 Å². The van der Waals surface area contributed by atoms with Crippen molar-refractivity contribution < 1.29 is 9.18 Å². The molecule has 1 unspecified atom stereocenters. The summed E-state index contributed by atoms with van der Waals surface area (Å²) in [4.78, 5) is 11.9. The van der Waals surface area contributed by atoms with Crippen LogP contribution in [0.4, 0.5) is 4.39 Å². The molecule has 0 radical (unpaired) electrons. The molecule has 2 rings (SSSR count). The lowest BCUT2D eigenvalue weighted by Gasteiger charge is -2.16. The molecule has 0 aromatic heterocycles.